The van der Waals surface area contributed by atoms with Crippen LogP contribution in [0.3, 0.4) is 0 Å². The first kappa shape index (κ1) is 23.7. The van der Waals surface area contributed by atoms with Gasteiger partial charge in [0.2, 0.25) is 11.9 Å². The number of aliphatic imine (C=N–C) groups is 2. The molecule has 148 valence electrons. The van der Waals surface area contributed by atoms with Crippen molar-refractivity contribution in [2.45, 2.75) is 19.8 Å². The van der Waals surface area contributed by atoms with Gasteiger partial charge in [0.05, 0.1) is 0 Å². The van der Waals surface area contributed by atoms with Gasteiger partial charge in [0.25, 0.3) is 0 Å². The molecule has 0 amide bonds. The highest BCUT2D eigenvalue weighted by atomic mass is 15.4. The molecule has 7 nitrogen and oxygen atoms in total. The van der Waals surface area contributed by atoms with Crippen LogP contribution in [0.2, 0.25) is 0 Å². The lowest BCUT2D eigenvalue weighted by Gasteiger charge is -2.28. The summed E-state index contributed by atoms with van der Waals surface area (Å²) in [6.07, 6.45) is 2.21. The highest BCUT2D eigenvalue weighted by Crippen LogP contribution is 2.03. The van der Waals surface area contributed by atoms with Crippen molar-refractivity contribution in [1.29, 1.82) is 0 Å². The van der Waals surface area contributed by atoms with Crippen LogP contribution in [0.15, 0.2) is 9.98 Å². The first-order valence-electron chi connectivity index (χ1n) is 9.21. The Bertz CT molecular complexity index is 376. The summed E-state index contributed by atoms with van der Waals surface area (Å²) in [5.74, 6) is 1.76. The molecule has 0 aromatic carbocycles. The molecule has 7 heteroatoms. The van der Waals surface area contributed by atoms with E-state index in [1.807, 2.05) is 38.0 Å². The molecule has 0 fully saturated rings. The van der Waals surface area contributed by atoms with Gasteiger partial charge in [-0.15, -0.1) is 0 Å². The molecule has 0 saturated carbocycles. The Labute approximate surface area is 156 Å². The molecule has 0 saturated heterocycles. The summed E-state index contributed by atoms with van der Waals surface area (Å²) in [5.41, 5.74) is 0. The molecule has 25 heavy (non-hydrogen) atoms. The zero-order chi connectivity index (χ0) is 19.4. The Morgan fingerprint density at radius 3 is 1.44 bits per heavy atom. The normalized spacial score (nSPS) is 11.9. The lowest BCUT2D eigenvalue weighted by molar-refractivity contribution is 0.320. The van der Waals surface area contributed by atoms with Gasteiger partial charge in [-0.05, 0) is 61.0 Å². The summed E-state index contributed by atoms with van der Waals surface area (Å²) < 4.78 is 0. The monoisotopic (exact) mass is 355 g/mol. The van der Waals surface area contributed by atoms with Crippen LogP contribution in [0.25, 0.3) is 0 Å². The van der Waals surface area contributed by atoms with E-state index in [0.717, 1.165) is 57.5 Å². The average molecular weight is 356 g/mol. The van der Waals surface area contributed by atoms with Crippen LogP contribution >= 0.6 is 0 Å². The number of hydrogen-bond donors (Lipinski definition) is 0. The maximum atomic E-state index is 4.88. The van der Waals surface area contributed by atoms with Gasteiger partial charge in [-0.25, -0.2) is 0 Å². The number of guanidine groups is 2. The van der Waals surface area contributed by atoms with E-state index in [1.54, 1.807) is 0 Å². The molecule has 0 aliphatic carbocycles. The molecule has 0 bridgehead atoms. The molecule has 0 rings (SSSR count). The molecule has 0 N–H and O–H groups in total. The summed E-state index contributed by atoms with van der Waals surface area (Å²) in [5, 5.41) is 0. The van der Waals surface area contributed by atoms with Crippen molar-refractivity contribution in [3.05, 3.63) is 0 Å². The van der Waals surface area contributed by atoms with E-state index in [-0.39, 0.29) is 0 Å². The fourth-order valence-electron chi connectivity index (χ4n) is 2.50. The van der Waals surface area contributed by atoms with Crippen molar-refractivity contribution in [3.63, 3.8) is 0 Å². The third kappa shape index (κ3) is 11.0. The molecule has 0 aliphatic heterocycles. The maximum Gasteiger partial charge on any atom is 0.223 e. The summed E-state index contributed by atoms with van der Waals surface area (Å²) in [6, 6.07) is 0. The Hall–Kier alpha value is -1.34. The Morgan fingerprint density at radius 2 is 1.12 bits per heavy atom. The van der Waals surface area contributed by atoms with Gasteiger partial charge in [0.1, 0.15) is 0 Å². The van der Waals surface area contributed by atoms with E-state index in [9.17, 15) is 0 Å². The predicted octanol–water partition coefficient (Wildman–Crippen LogP) is 1.05. The first-order chi connectivity index (χ1) is 11.7. The summed E-state index contributed by atoms with van der Waals surface area (Å²) >= 11 is 0. The molecular formula is C18H41N7. The van der Waals surface area contributed by atoms with Gasteiger partial charge in [-0.1, -0.05) is 0 Å². The van der Waals surface area contributed by atoms with E-state index >= 15 is 0 Å². The van der Waals surface area contributed by atoms with Crippen molar-refractivity contribution in [1.82, 2.24) is 24.5 Å². The van der Waals surface area contributed by atoms with Crippen LogP contribution in [-0.2, 0) is 0 Å². The van der Waals surface area contributed by atoms with Gasteiger partial charge in [0, 0.05) is 47.8 Å². The van der Waals surface area contributed by atoms with E-state index in [2.05, 4.69) is 49.8 Å². The van der Waals surface area contributed by atoms with E-state index in [1.165, 1.54) is 0 Å². The van der Waals surface area contributed by atoms with Crippen LogP contribution in [0, 0.1) is 0 Å². The van der Waals surface area contributed by atoms with Crippen molar-refractivity contribution >= 4 is 11.9 Å². The van der Waals surface area contributed by atoms with Gasteiger partial charge in [-0.2, -0.15) is 4.99 Å². The largest absolute Gasteiger partial charge is 0.349 e. The molecule has 0 aromatic rings. The SMILES string of the molecule is CCN=C(N=C(N(C)C)N(C)C)N(CCCN(C)C)CCCN(C)C. The van der Waals surface area contributed by atoms with E-state index in [4.69, 9.17) is 9.98 Å². The highest BCUT2D eigenvalue weighted by molar-refractivity contribution is 5.94. The molecule has 0 spiro atoms. The van der Waals surface area contributed by atoms with Crippen LogP contribution in [0.4, 0.5) is 0 Å². The average Bonchev–Trinajstić information content (AvgIpc) is 2.48. The Kier molecular flexibility index (Phi) is 12.2. The number of hydrogen-bond acceptors (Lipinski definition) is 3. The summed E-state index contributed by atoms with van der Waals surface area (Å²) in [4.78, 5) is 20.4. The summed E-state index contributed by atoms with van der Waals surface area (Å²) in [6.45, 7) is 6.90. The third-order valence-electron chi connectivity index (χ3n) is 3.65. The molecule has 0 aromatic heterocycles. The van der Waals surface area contributed by atoms with Crippen LogP contribution in [0.5, 0.6) is 0 Å². The fourth-order valence-corrected chi connectivity index (χ4v) is 2.50. The topological polar surface area (TPSA) is 40.9 Å². The number of nitrogens with zero attached hydrogens (tertiary/aromatic N) is 7. The molecule has 0 aliphatic rings. The van der Waals surface area contributed by atoms with Crippen molar-refractivity contribution in [3.8, 4) is 0 Å². The molecule has 0 radical (unpaired) electrons. The minimum absolute atomic E-state index is 0.741. The van der Waals surface area contributed by atoms with Crippen LogP contribution < -0.4 is 0 Å². The molecular weight excluding hydrogens is 314 g/mol. The van der Waals surface area contributed by atoms with Gasteiger partial charge >= 0.3 is 0 Å². The van der Waals surface area contributed by atoms with Crippen molar-refractivity contribution in [2.75, 3.05) is 89.1 Å². The first-order valence-corrected chi connectivity index (χ1v) is 9.21. The number of rotatable bonds is 9. The second kappa shape index (κ2) is 12.9. The fraction of sp³-hybridized carbons (Fsp3) is 0.889. The third-order valence-corrected chi connectivity index (χ3v) is 3.65. The molecule has 0 atom stereocenters. The molecule has 0 heterocycles. The van der Waals surface area contributed by atoms with Crippen molar-refractivity contribution < 1.29 is 0 Å². The van der Waals surface area contributed by atoms with Crippen molar-refractivity contribution in [2.24, 2.45) is 9.98 Å². The van der Waals surface area contributed by atoms with Gasteiger partial charge in [-0.3, -0.25) is 4.99 Å². The van der Waals surface area contributed by atoms with Gasteiger partial charge in [0.15, 0.2) is 0 Å². The standard InChI is InChI=1S/C18H41N7/c1-10-19-17(20-18(23(6)7)24(8)9)25(15-11-13-21(2)3)16-12-14-22(4)5/h10-16H2,1-9H3. The van der Waals surface area contributed by atoms with Crippen LogP contribution in [-0.4, -0.2) is 126 Å². The Balaban J connectivity index is 5.30. The maximum absolute atomic E-state index is 4.88. The minimum atomic E-state index is 0.741. The zero-order valence-electron chi connectivity index (χ0n) is 18.1. The van der Waals surface area contributed by atoms with Crippen LogP contribution in [0.1, 0.15) is 19.8 Å². The second-order valence-corrected chi connectivity index (χ2v) is 7.28. The second-order valence-electron chi connectivity index (χ2n) is 7.28. The quantitative estimate of drug-likeness (QED) is 0.457. The Morgan fingerprint density at radius 1 is 0.680 bits per heavy atom. The van der Waals surface area contributed by atoms with E-state index < -0.39 is 0 Å². The lowest BCUT2D eigenvalue weighted by atomic mass is 10.3. The highest BCUT2D eigenvalue weighted by Gasteiger charge is 2.14. The lowest BCUT2D eigenvalue weighted by Crippen LogP contribution is -2.40. The van der Waals surface area contributed by atoms with Gasteiger partial charge < -0.3 is 24.5 Å². The zero-order valence-corrected chi connectivity index (χ0v) is 18.1. The molecule has 0 unspecified atom stereocenters. The van der Waals surface area contributed by atoms with E-state index in [0.29, 0.717) is 0 Å². The smallest absolute Gasteiger partial charge is 0.223 e. The minimum Gasteiger partial charge on any atom is -0.349 e. The predicted molar refractivity (Wildman–Crippen MR) is 111 cm³/mol. The summed E-state index contributed by atoms with van der Waals surface area (Å²) in [7, 11) is 16.5.